The van der Waals surface area contributed by atoms with Crippen molar-refractivity contribution >= 4 is 5.91 Å². The lowest BCUT2D eigenvalue weighted by molar-refractivity contribution is -0.127. The predicted molar refractivity (Wildman–Crippen MR) is 123 cm³/mol. The van der Waals surface area contributed by atoms with Crippen LogP contribution in [0.15, 0.2) is 41.5 Å². The Hall–Kier alpha value is -2.98. The van der Waals surface area contributed by atoms with E-state index < -0.39 is 11.6 Å². The van der Waals surface area contributed by atoms with Gasteiger partial charge in [-0.25, -0.2) is 9.78 Å². The average Bonchev–Trinajstić information content (AvgIpc) is 2.78. The van der Waals surface area contributed by atoms with Gasteiger partial charge in [-0.3, -0.25) is 9.36 Å². The Bertz CT molecular complexity index is 1040. The van der Waals surface area contributed by atoms with Crippen molar-refractivity contribution in [3.05, 3.63) is 52.7 Å². The second-order valence-corrected chi connectivity index (χ2v) is 9.35. The molecule has 7 heteroatoms. The quantitative estimate of drug-likeness (QED) is 0.697. The van der Waals surface area contributed by atoms with Gasteiger partial charge in [-0.1, -0.05) is 49.9 Å². The first-order chi connectivity index (χ1) is 15.5. The summed E-state index contributed by atoms with van der Waals surface area (Å²) in [5.74, 6) is 0.353. The zero-order valence-electron chi connectivity index (χ0n) is 18.4. The predicted octanol–water partition coefficient (Wildman–Crippen LogP) is 2.92. The summed E-state index contributed by atoms with van der Waals surface area (Å²) in [4.78, 5) is 28.8. The van der Waals surface area contributed by atoms with Gasteiger partial charge in [-0.2, -0.15) is 5.26 Å². The third-order valence-electron chi connectivity index (χ3n) is 6.92. The summed E-state index contributed by atoms with van der Waals surface area (Å²) >= 11 is 0. The normalized spacial score (nSPS) is 18.9. The van der Waals surface area contributed by atoms with Gasteiger partial charge in [0, 0.05) is 30.9 Å². The lowest BCUT2D eigenvalue weighted by atomic mass is 9.81. The third-order valence-corrected chi connectivity index (χ3v) is 6.92. The van der Waals surface area contributed by atoms with Crippen LogP contribution in [0.1, 0.15) is 56.9 Å². The van der Waals surface area contributed by atoms with Crippen LogP contribution in [0.2, 0.25) is 0 Å². The standard InChI is InChI=1S/C25H31N5O2/c26-14-22(29-23(31)25(27)11-2-1-3-12-25)13-18-7-9-20(10-8-18)21-15-28-24(32)30(17-21)16-19-5-4-6-19/h7-10,15,17,19,22H,1-6,11-13,16,27H2,(H,29,31). The fraction of sp³-hybridized carbons (Fsp3) is 0.520. The second-order valence-electron chi connectivity index (χ2n) is 9.35. The number of aromatic nitrogens is 2. The minimum Gasteiger partial charge on any atom is -0.338 e. The molecule has 0 saturated heterocycles. The maximum atomic E-state index is 12.7. The van der Waals surface area contributed by atoms with Gasteiger partial charge in [-0.15, -0.1) is 0 Å². The van der Waals surface area contributed by atoms with Crippen molar-refractivity contribution in [1.82, 2.24) is 14.9 Å². The summed E-state index contributed by atoms with van der Waals surface area (Å²) in [5.41, 5.74) is 8.04. The molecule has 1 heterocycles. The number of carbonyl (C=O) groups is 1. The summed E-state index contributed by atoms with van der Waals surface area (Å²) in [6.45, 7) is 0.726. The number of nitriles is 1. The van der Waals surface area contributed by atoms with E-state index in [2.05, 4.69) is 16.4 Å². The molecule has 0 aliphatic heterocycles. The molecule has 0 spiro atoms. The Morgan fingerprint density at radius 1 is 1.19 bits per heavy atom. The Balaban J connectivity index is 1.40. The molecule has 1 unspecified atom stereocenters. The topological polar surface area (TPSA) is 114 Å². The number of nitrogens with zero attached hydrogens (tertiary/aromatic N) is 3. The molecule has 1 atom stereocenters. The van der Waals surface area contributed by atoms with Gasteiger partial charge < -0.3 is 11.1 Å². The molecule has 0 bridgehead atoms. The molecule has 2 aliphatic rings. The molecule has 2 aliphatic carbocycles. The van der Waals surface area contributed by atoms with Crippen molar-refractivity contribution in [2.45, 2.75) is 75.9 Å². The number of rotatable bonds is 7. The van der Waals surface area contributed by atoms with Gasteiger partial charge in [-0.05, 0) is 42.7 Å². The molecule has 7 nitrogen and oxygen atoms in total. The average molecular weight is 434 g/mol. The van der Waals surface area contributed by atoms with Gasteiger partial charge in [0.2, 0.25) is 5.91 Å². The van der Waals surface area contributed by atoms with Crippen LogP contribution in [-0.4, -0.2) is 27.0 Å². The van der Waals surface area contributed by atoms with Crippen molar-refractivity contribution in [2.75, 3.05) is 0 Å². The highest BCUT2D eigenvalue weighted by Crippen LogP contribution is 2.28. The summed E-state index contributed by atoms with van der Waals surface area (Å²) < 4.78 is 1.71. The molecule has 1 aromatic carbocycles. The third kappa shape index (κ3) is 5.08. The van der Waals surface area contributed by atoms with Crippen LogP contribution in [-0.2, 0) is 17.8 Å². The molecular weight excluding hydrogens is 402 g/mol. The molecule has 2 aromatic rings. The van der Waals surface area contributed by atoms with Gasteiger partial charge in [0.25, 0.3) is 0 Å². The molecule has 168 valence electrons. The van der Waals surface area contributed by atoms with Gasteiger partial charge in [0.15, 0.2) is 0 Å². The van der Waals surface area contributed by atoms with Gasteiger partial charge >= 0.3 is 5.69 Å². The van der Waals surface area contributed by atoms with Crippen molar-refractivity contribution in [1.29, 1.82) is 5.26 Å². The number of nitrogens with two attached hydrogens (primary N) is 1. The molecule has 3 N–H and O–H groups in total. The van der Waals surface area contributed by atoms with Crippen LogP contribution in [0.5, 0.6) is 0 Å². The Kier molecular flexibility index (Phi) is 6.71. The summed E-state index contributed by atoms with van der Waals surface area (Å²) in [5, 5.41) is 12.4. The number of amides is 1. The highest BCUT2D eigenvalue weighted by molar-refractivity contribution is 5.86. The van der Waals surface area contributed by atoms with E-state index >= 15 is 0 Å². The summed E-state index contributed by atoms with van der Waals surface area (Å²) in [7, 11) is 0. The fourth-order valence-electron chi connectivity index (χ4n) is 4.60. The highest BCUT2D eigenvalue weighted by Gasteiger charge is 2.36. The van der Waals surface area contributed by atoms with E-state index in [0.29, 0.717) is 25.2 Å². The van der Waals surface area contributed by atoms with E-state index in [1.165, 1.54) is 19.3 Å². The lowest BCUT2D eigenvalue weighted by Crippen LogP contribution is -2.57. The molecule has 32 heavy (non-hydrogen) atoms. The van der Waals surface area contributed by atoms with E-state index in [9.17, 15) is 14.9 Å². The molecule has 2 fully saturated rings. The monoisotopic (exact) mass is 433 g/mol. The van der Waals surface area contributed by atoms with Crippen LogP contribution in [0, 0.1) is 17.2 Å². The molecule has 1 aromatic heterocycles. The molecule has 2 saturated carbocycles. The van der Waals surface area contributed by atoms with E-state index in [0.717, 1.165) is 42.5 Å². The van der Waals surface area contributed by atoms with Crippen molar-refractivity contribution in [2.24, 2.45) is 11.7 Å². The van der Waals surface area contributed by atoms with Crippen molar-refractivity contribution in [3.8, 4) is 17.2 Å². The first kappa shape index (κ1) is 22.2. The minimum absolute atomic E-state index is 0.208. The number of hydrogen-bond donors (Lipinski definition) is 2. The Labute approximate surface area is 188 Å². The zero-order valence-corrected chi connectivity index (χ0v) is 18.4. The molecular formula is C25H31N5O2. The number of benzene rings is 1. The van der Waals surface area contributed by atoms with Crippen LogP contribution < -0.4 is 16.7 Å². The lowest BCUT2D eigenvalue weighted by Gasteiger charge is -2.32. The summed E-state index contributed by atoms with van der Waals surface area (Å²) in [6, 6.07) is 9.40. The molecule has 0 radical (unpaired) electrons. The fourth-order valence-corrected chi connectivity index (χ4v) is 4.60. The zero-order chi connectivity index (χ0) is 22.6. The minimum atomic E-state index is -0.854. The number of carbonyl (C=O) groups excluding carboxylic acids is 1. The largest absolute Gasteiger partial charge is 0.347 e. The van der Waals surface area contributed by atoms with Gasteiger partial charge in [0.05, 0.1) is 11.6 Å². The van der Waals surface area contributed by atoms with E-state index in [4.69, 9.17) is 5.73 Å². The first-order valence-corrected chi connectivity index (χ1v) is 11.6. The van der Waals surface area contributed by atoms with Crippen molar-refractivity contribution < 1.29 is 4.79 Å². The highest BCUT2D eigenvalue weighted by atomic mass is 16.2. The molecule has 4 rings (SSSR count). The van der Waals surface area contributed by atoms with Gasteiger partial charge in [0.1, 0.15) is 6.04 Å². The first-order valence-electron chi connectivity index (χ1n) is 11.6. The maximum absolute atomic E-state index is 12.7. The van der Waals surface area contributed by atoms with Crippen LogP contribution in [0.3, 0.4) is 0 Å². The Morgan fingerprint density at radius 3 is 2.53 bits per heavy atom. The van der Waals surface area contributed by atoms with Crippen LogP contribution >= 0.6 is 0 Å². The Morgan fingerprint density at radius 2 is 1.91 bits per heavy atom. The second kappa shape index (κ2) is 9.66. The molecule has 1 amide bonds. The summed E-state index contributed by atoms with van der Waals surface area (Å²) in [6.07, 6.45) is 11.8. The van der Waals surface area contributed by atoms with Crippen molar-refractivity contribution in [3.63, 3.8) is 0 Å². The van der Waals surface area contributed by atoms with Crippen LogP contribution in [0.4, 0.5) is 0 Å². The number of hydrogen-bond acceptors (Lipinski definition) is 5. The van der Waals surface area contributed by atoms with E-state index in [-0.39, 0.29) is 11.6 Å². The smallest absolute Gasteiger partial charge is 0.338 e. The van der Waals surface area contributed by atoms with Crippen LogP contribution in [0.25, 0.3) is 11.1 Å². The maximum Gasteiger partial charge on any atom is 0.347 e. The van der Waals surface area contributed by atoms with E-state index in [1.54, 1.807) is 10.8 Å². The number of nitrogens with one attached hydrogen (secondary N) is 1. The van der Waals surface area contributed by atoms with E-state index in [1.807, 2.05) is 30.5 Å². The SMILES string of the molecule is N#CC(Cc1ccc(-c2cnc(=O)n(CC3CCC3)c2)cc1)NC(=O)C1(N)CCCCC1.